The highest BCUT2D eigenvalue weighted by Crippen LogP contribution is 2.47. The number of rotatable bonds is 12. The minimum atomic E-state index is -0.636. The molecule has 0 aromatic heterocycles. The third kappa shape index (κ3) is 7.23. The van der Waals surface area contributed by atoms with Gasteiger partial charge in [0.2, 0.25) is 0 Å². The number of hydrogen-bond donors (Lipinski definition) is 1. The van der Waals surface area contributed by atoms with Gasteiger partial charge in [0.1, 0.15) is 31.3 Å². The Bertz CT molecular complexity index is 1830. The van der Waals surface area contributed by atoms with Crippen LogP contribution in [0, 0.1) is 0 Å². The molecule has 6 rings (SSSR count). The highest BCUT2D eigenvalue weighted by molar-refractivity contribution is 6.04. The van der Waals surface area contributed by atoms with Gasteiger partial charge in [0, 0.05) is 29.3 Å². The lowest BCUT2D eigenvalue weighted by Gasteiger charge is -2.37. The van der Waals surface area contributed by atoms with Crippen molar-refractivity contribution >= 4 is 11.8 Å². The van der Waals surface area contributed by atoms with Crippen LogP contribution in [0.3, 0.4) is 0 Å². The summed E-state index contributed by atoms with van der Waals surface area (Å²) in [7, 11) is 3.20. The third-order valence-corrected chi connectivity index (χ3v) is 8.69. The highest BCUT2D eigenvalue weighted by atomic mass is 16.6. The van der Waals surface area contributed by atoms with Crippen molar-refractivity contribution in [2.75, 3.05) is 27.4 Å². The Morgan fingerprint density at radius 2 is 1.48 bits per heavy atom. The largest absolute Gasteiger partial charge is 0.493 e. The number of esters is 1. The van der Waals surface area contributed by atoms with E-state index in [2.05, 4.69) is 5.32 Å². The molecule has 2 atom stereocenters. The van der Waals surface area contributed by atoms with E-state index in [0.717, 1.165) is 22.4 Å². The van der Waals surface area contributed by atoms with Crippen molar-refractivity contribution in [1.29, 1.82) is 0 Å². The van der Waals surface area contributed by atoms with Crippen LogP contribution in [0.5, 0.6) is 23.0 Å². The lowest BCUT2D eigenvalue weighted by molar-refractivity contribution is -0.140. The summed E-state index contributed by atoms with van der Waals surface area (Å²) >= 11 is 0. The van der Waals surface area contributed by atoms with Gasteiger partial charge in [-0.3, -0.25) is 4.79 Å². The molecule has 8 nitrogen and oxygen atoms in total. The zero-order valence-electron chi connectivity index (χ0n) is 27.4. The first-order valence-electron chi connectivity index (χ1n) is 16.0. The van der Waals surface area contributed by atoms with Crippen molar-refractivity contribution in [3.05, 3.63) is 142 Å². The molecule has 0 radical (unpaired) electrons. The molecular weight excluding hydrogens is 606 g/mol. The Labute approximate surface area is 280 Å². The van der Waals surface area contributed by atoms with Crippen LogP contribution in [0.4, 0.5) is 0 Å². The van der Waals surface area contributed by atoms with Crippen LogP contribution in [0.2, 0.25) is 0 Å². The lowest BCUT2D eigenvalue weighted by atomic mass is 9.71. The fourth-order valence-corrected chi connectivity index (χ4v) is 6.40. The molecule has 0 spiro atoms. The molecule has 4 aromatic carbocycles. The predicted molar refractivity (Wildman–Crippen MR) is 182 cm³/mol. The van der Waals surface area contributed by atoms with E-state index in [9.17, 15) is 9.59 Å². The summed E-state index contributed by atoms with van der Waals surface area (Å²) in [5.74, 6) is 1.33. The van der Waals surface area contributed by atoms with Crippen molar-refractivity contribution in [3.8, 4) is 23.0 Å². The molecule has 246 valence electrons. The fraction of sp³-hybridized carbons (Fsp3) is 0.250. The lowest BCUT2D eigenvalue weighted by Crippen LogP contribution is -2.36. The van der Waals surface area contributed by atoms with Gasteiger partial charge in [-0.1, -0.05) is 66.7 Å². The van der Waals surface area contributed by atoms with Crippen LogP contribution in [-0.4, -0.2) is 39.2 Å². The van der Waals surface area contributed by atoms with Gasteiger partial charge in [-0.2, -0.15) is 0 Å². The molecule has 0 amide bonds. The minimum Gasteiger partial charge on any atom is -0.493 e. The smallest absolute Gasteiger partial charge is 0.336 e. The normalized spacial score (nSPS) is 17.3. The van der Waals surface area contributed by atoms with Gasteiger partial charge in [0.15, 0.2) is 17.3 Å². The maximum absolute atomic E-state index is 14.2. The molecule has 2 aliphatic rings. The first-order valence-corrected chi connectivity index (χ1v) is 16.0. The van der Waals surface area contributed by atoms with Gasteiger partial charge in [0.05, 0.1) is 19.8 Å². The summed E-state index contributed by atoms with van der Waals surface area (Å²) in [6.45, 7) is 2.50. The first kappa shape index (κ1) is 32.4. The van der Waals surface area contributed by atoms with Crippen LogP contribution in [0.15, 0.2) is 126 Å². The van der Waals surface area contributed by atoms with Gasteiger partial charge in [0.25, 0.3) is 0 Å². The van der Waals surface area contributed by atoms with Crippen LogP contribution in [0.25, 0.3) is 0 Å². The Morgan fingerprint density at radius 3 is 2.23 bits per heavy atom. The molecule has 0 saturated heterocycles. The number of benzene rings is 4. The average Bonchev–Trinajstić information content (AvgIpc) is 3.12. The van der Waals surface area contributed by atoms with Gasteiger partial charge in [-0.25, -0.2) is 4.79 Å². The van der Waals surface area contributed by atoms with E-state index in [1.54, 1.807) is 14.2 Å². The number of dihydropyridines is 1. The van der Waals surface area contributed by atoms with Crippen molar-refractivity contribution in [2.45, 2.75) is 38.2 Å². The Kier molecular flexibility index (Phi) is 10.1. The Balaban J connectivity index is 1.30. The summed E-state index contributed by atoms with van der Waals surface area (Å²) < 4.78 is 28.6. The van der Waals surface area contributed by atoms with E-state index in [1.165, 1.54) is 0 Å². The molecule has 1 heterocycles. The third-order valence-electron chi connectivity index (χ3n) is 8.69. The standard InChI is InChI=1S/C40H39NO7/c1-26-37(40(43)47-20-19-46-31-14-8-5-9-15-31)38(29-13-10-16-32(21-29)48-25-27-11-6-4-7-12-27)39-33(41-26)22-30(23-34(39)42)28-17-18-35(44-2)36(24-28)45-3/h4-18,21,24,30,38,41H,19-20,22-23,25H2,1-3H3/t30-,38-/m0/s1. The van der Waals surface area contributed by atoms with E-state index >= 15 is 0 Å². The average molecular weight is 646 g/mol. The summed E-state index contributed by atoms with van der Waals surface area (Å²) in [4.78, 5) is 28.0. The molecular formula is C40H39NO7. The number of Topliss-reactive ketones (excluding diaryl/α,β-unsaturated/α-hetero) is 1. The van der Waals surface area contributed by atoms with Gasteiger partial charge >= 0.3 is 5.97 Å². The number of hydrogen-bond acceptors (Lipinski definition) is 8. The van der Waals surface area contributed by atoms with Crippen LogP contribution < -0.4 is 24.3 Å². The van der Waals surface area contributed by atoms with E-state index in [0.29, 0.717) is 52.9 Å². The summed E-state index contributed by atoms with van der Waals surface area (Å²) in [5, 5.41) is 3.43. The SMILES string of the molecule is COc1ccc([C@@H]2CC(=O)C3=C(C2)NC(C)=C(C(=O)OCCOc2ccccc2)[C@@H]3c2cccc(OCc3ccccc3)c2)cc1OC. The van der Waals surface area contributed by atoms with Crippen molar-refractivity contribution in [1.82, 2.24) is 5.32 Å². The molecule has 4 aromatic rings. The van der Waals surface area contributed by atoms with Crippen LogP contribution >= 0.6 is 0 Å². The number of ether oxygens (including phenoxy) is 5. The molecule has 0 bridgehead atoms. The number of methoxy groups -OCH3 is 2. The van der Waals surface area contributed by atoms with Crippen LogP contribution in [-0.2, 0) is 20.9 Å². The molecule has 0 unspecified atom stereocenters. The number of para-hydroxylation sites is 1. The maximum atomic E-state index is 14.2. The summed E-state index contributed by atoms with van der Waals surface area (Å²) in [6.07, 6.45) is 0.866. The molecule has 1 aliphatic carbocycles. The van der Waals surface area contributed by atoms with Gasteiger partial charge < -0.3 is 29.0 Å². The monoisotopic (exact) mass is 645 g/mol. The topological polar surface area (TPSA) is 92.3 Å². The van der Waals surface area contributed by atoms with Crippen molar-refractivity contribution < 1.29 is 33.3 Å². The molecule has 1 aliphatic heterocycles. The number of nitrogens with one attached hydrogen (secondary N) is 1. The number of carbonyl (C=O) groups excluding carboxylic acids is 2. The zero-order chi connectivity index (χ0) is 33.5. The number of ketones is 1. The molecule has 0 saturated carbocycles. The first-order chi connectivity index (χ1) is 23.4. The second kappa shape index (κ2) is 14.9. The summed E-state index contributed by atoms with van der Waals surface area (Å²) in [5.41, 5.74) is 5.21. The molecule has 0 fully saturated rings. The highest BCUT2D eigenvalue weighted by Gasteiger charge is 2.41. The molecule has 8 heteroatoms. The Hall–Kier alpha value is -5.50. The van der Waals surface area contributed by atoms with E-state index < -0.39 is 11.9 Å². The van der Waals surface area contributed by atoms with E-state index in [-0.39, 0.29) is 31.3 Å². The summed E-state index contributed by atoms with van der Waals surface area (Å²) in [6, 6.07) is 32.7. The molecule has 48 heavy (non-hydrogen) atoms. The van der Waals surface area contributed by atoms with E-state index in [1.807, 2.05) is 110 Å². The van der Waals surface area contributed by atoms with E-state index in [4.69, 9.17) is 23.7 Å². The Morgan fingerprint density at radius 1 is 0.750 bits per heavy atom. The maximum Gasteiger partial charge on any atom is 0.336 e. The number of allylic oxidation sites excluding steroid dienone is 3. The zero-order valence-corrected chi connectivity index (χ0v) is 27.4. The van der Waals surface area contributed by atoms with Crippen molar-refractivity contribution in [3.63, 3.8) is 0 Å². The van der Waals surface area contributed by atoms with Gasteiger partial charge in [-0.05, 0) is 72.4 Å². The number of carbonyl (C=O) groups is 2. The second-order valence-electron chi connectivity index (χ2n) is 11.8. The minimum absolute atomic E-state index is 0.0330. The van der Waals surface area contributed by atoms with Crippen molar-refractivity contribution in [2.24, 2.45) is 0 Å². The quantitative estimate of drug-likeness (QED) is 0.127. The van der Waals surface area contributed by atoms with Gasteiger partial charge in [-0.15, -0.1) is 0 Å². The molecule has 1 N–H and O–H groups in total. The second-order valence-corrected chi connectivity index (χ2v) is 11.8. The predicted octanol–water partition coefficient (Wildman–Crippen LogP) is 7.27. The van der Waals surface area contributed by atoms with Crippen LogP contribution in [0.1, 0.15) is 48.3 Å². The fourth-order valence-electron chi connectivity index (χ4n) is 6.40.